The predicted molar refractivity (Wildman–Crippen MR) is 44.6 cm³/mol. The van der Waals surface area contributed by atoms with Crippen molar-refractivity contribution in [3.8, 4) is 0 Å². The average Bonchev–Trinajstić information content (AvgIpc) is 2.80. The van der Waals surface area contributed by atoms with Gasteiger partial charge in [-0.25, -0.2) is 0 Å². The second-order valence-corrected chi connectivity index (χ2v) is 3.96. The van der Waals surface area contributed by atoms with E-state index < -0.39 is 0 Å². The van der Waals surface area contributed by atoms with Crippen molar-refractivity contribution in [3.63, 3.8) is 0 Å². The maximum Gasteiger partial charge on any atom is 0.323 e. The second-order valence-electron chi connectivity index (χ2n) is 3.96. The molecule has 1 aliphatic carbocycles. The Morgan fingerprint density at radius 3 is 2.92 bits per heavy atom. The minimum absolute atomic E-state index is 0.0243. The lowest BCUT2D eigenvalue weighted by molar-refractivity contribution is -0.144. The lowest BCUT2D eigenvalue weighted by Gasteiger charge is -2.26. The average molecular weight is 169 g/mol. The Morgan fingerprint density at radius 2 is 2.25 bits per heavy atom. The van der Waals surface area contributed by atoms with Gasteiger partial charge in [-0.05, 0) is 31.6 Å². The third kappa shape index (κ3) is 1.22. The molecule has 0 spiro atoms. The largest absolute Gasteiger partial charge is 0.468 e. The molecule has 1 saturated carbocycles. The summed E-state index contributed by atoms with van der Waals surface area (Å²) in [4.78, 5) is 11.3. The first kappa shape index (κ1) is 8.05. The molecule has 0 aromatic carbocycles. The number of rotatable bonds is 1. The van der Waals surface area contributed by atoms with Crippen LogP contribution in [-0.4, -0.2) is 25.2 Å². The number of ether oxygens (including phenoxy) is 1. The van der Waals surface area contributed by atoms with Crippen molar-refractivity contribution in [2.24, 2.45) is 11.8 Å². The number of carbonyl (C=O) groups excluding carboxylic acids is 1. The molecule has 0 bridgehead atoms. The number of esters is 1. The number of nitrogens with one attached hydrogen (secondary N) is 1. The van der Waals surface area contributed by atoms with Gasteiger partial charge >= 0.3 is 5.97 Å². The van der Waals surface area contributed by atoms with Gasteiger partial charge in [0.2, 0.25) is 0 Å². The normalized spacial score (nSPS) is 44.8. The smallest absolute Gasteiger partial charge is 0.323 e. The van der Waals surface area contributed by atoms with Gasteiger partial charge in [-0.1, -0.05) is 0 Å². The van der Waals surface area contributed by atoms with Gasteiger partial charge in [-0.3, -0.25) is 4.79 Å². The highest BCUT2D eigenvalue weighted by atomic mass is 16.5. The monoisotopic (exact) mass is 169 g/mol. The van der Waals surface area contributed by atoms with Crippen molar-refractivity contribution in [2.75, 3.05) is 7.11 Å². The zero-order valence-electron chi connectivity index (χ0n) is 7.54. The van der Waals surface area contributed by atoms with Crippen molar-refractivity contribution in [2.45, 2.75) is 31.8 Å². The highest BCUT2D eigenvalue weighted by molar-refractivity contribution is 5.76. The molecule has 2 fully saturated rings. The zero-order chi connectivity index (χ0) is 8.72. The number of methoxy groups -OCH3 is 1. The van der Waals surface area contributed by atoms with Crippen molar-refractivity contribution in [3.05, 3.63) is 0 Å². The van der Waals surface area contributed by atoms with E-state index in [1.54, 1.807) is 0 Å². The Morgan fingerprint density at radius 1 is 1.50 bits per heavy atom. The van der Waals surface area contributed by atoms with Crippen LogP contribution in [0.2, 0.25) is 0 Å². The van der Waals surface area contributed by atoms with Crippen LogP contribution >= 0.6 is 0 Å². The van der Waals surface area contributed by atoms with Crippen LogP contribution in [0.4, 0.5) is 0 Å². The molecule has 4 atom stereocenters. The van der Waals surface area contributed by atoms with Gasteiger partial charge in [-0.2, -0.15) is 0 Å². The summed E-state index contributed by atoms with van der Waals surface area (Å²) in [7, 11) is 1.46. The maximum atomic E-state index is 11.3. The van der Waals surface area contributed by atoms with Gasteiger partial charge in [0.15, 0.2) is 0 Å². The lowest BCUT2D eigenvalue weighted by atomic mass is 10.00. The number of hydrogen-bond donors (Lipinski definition) is 1. The van der Waals surface area contributed by atoms with Crippen molar-refractivity contribution in [1.82, 2.24) is 5.32 Å². The summed E-state index contributed by atoms with van der Waals surface area (Å²) in [6.07, 6.45) is 2.43. The van der Waals surface area contributed by atoms with Gasteiger partial charge in [0.1, 0.15) is 6.04 Å². The van der Waals surface area contributed by atoms with Crippen LogP contribution in [0, 0.1) is 11.8 Å². The molecule has 1 aliphatic heterocycles. The third-order valence-corrected chi connectivity index (χ3v) is 2.98. The fourth-order valence-corrected chi connectivity index (χ4v) is 2.27. The Balaban J connectivity index is 2.01. The molecule has 0 aromatic rings. The van der Waals surface area contributed by atoms with Crippen molar-refractivity contribution in [1.29, 1.82) is 0 Å². The molecular formula is C9H15NO2. The molecule has 3 nitrogen and oxygen atoms in total. The quantitative estimate of drug-likeness (QED) is 0.582. The third-order valence-electron chi connectivity index (χ3n) is 2.98. The summed E-state index contributed by atoms with van der Waals surface area (Å²) in [6.45, 7) is 2.13. The van der Waals surface area contributed by atoms with E-state index in [1.165, 1.54) is 20.0 Å². The lowest BCUT2D eigenvalue weighted by Crippen LogP contribution is -2.47. The Labute approximate surface area is 72.5 Å². The molecular weight excluding hydrogens is 154 g/mol. The Kier molecular flexibility index (Phi) is 1.83. The van der Waals surface area contributed by atoms with Crippen LogP contribution in [-0.2, 0) is 9.53 Å². The number of piperidine rings is 1. The van der Waals surface area contributed by atoms with Crippen LogP contribution in [0.25, 0.3) is 0 Å². The highest BCUT2D eigenvalue weighted by Crippen LogP contribution is 2.47. The van der Waals surface area contributed by atoms with Gasteiger partial charge in [0.05, 0.1) is 7.11 Å². The number of carbonyl (C=O) groups is 1. The number of fused-ring (bicyclic) bond motifs is 1. The summed E-state index contributed by atoms with van der Waals surface area (Å²) >= 11 is 0. The molecule has 3 heteroatoms. The SMILES string of the molecule is COC(=O)C1NC(C)CC2CC21. The predicted octanol–water partition coefficient (Wildman–Crippen LogP) is 0.546. The van der Waals surface area contributed by atoms with Crippen LogP contribution in [0.5, 0.6) is 0 Å². The first-order valence-corrected chi connectivity index (χ1v) is 4.56. The van der Waals surface area contributed by atoms with Gasteiger partial charge < -0.3 is 10.1 Å². The summed E-state index contributed by atoms with van der Waals surface area (Å²) in [5, 5.41) is 3.28. The molecule has 4 unspecified atom stereocenters. The minimum atomic E-state index is -0.0888. The van der Waals surface area contributed by atoms with E-state index in [4.69, 9.17) is 4.74 Å². The molecule has 0 amide bonds. The second kappa shape index (κ2) is 2.73. The van der Waals surface area contributed by atoms with E-state index in [0.29, 0.717) is 12.0 Å². The standard InChI is InChI=1S/C9H15NO2/c1-5-3-6-4-7(6)8(10-5)9(11)12-2/h5-8,10H,3-4H2,1-2H3. The Hall–Kier alpha value is -0.570. The fourth-order valence-electron chi connectivity index (χ4n) is 2.27. The van der Waals surface area contributed by atoms with Crippen molar-refractivity contribution >= 4 is 5.97 Å². The van der Waals surface area contributed by atoms with E-state index >= 15 is 0 Å². The minimum Gasteiger partial charge on any atom is -0.468 e. The van der Waals surface area contributed by atoms with E-state index in [2.05, 4.69) is 12.2 Å². The zero-order valence-corrected chi connectivity index (χ0v) is 7.54. The molecule has 68 valence electrons. The van der Waals surface area contributed by atoms with E-state index in [-0.39, 0.29) is 12.0 Å². The molecule has 2 aliphatic rings. The van der Waals surface area contributed by atoms with Gasteiger partial charge in [-0.15, -0.1) is 0 Å². The molecule has 1 heterocycles. The van der Waals surface area contributed by atoms with E-state index in [0.717, 1.165) is 5.92 Å². The summed E-state index contributed by atoms with van der Waals surface area (Å²) in [5.41, 5.74) is 0. The highest BCUT2D eigenvalue weighted by Gasteiger charge is 2.50. The summed E-state index contributed by atoms with van der Waals surface area (Å²) in [5.74, 6) is 1.26. The van der Waals surface area contributed by atoms with Crippen LogP contribution in [0.15, 0.2) is 0 Å². The van der Waals surface area contributed by atoms with Gasteiger partial charge in [0.25, 0.3) is 0 Å². The molecule has 12 heavy (non-hydrogen) atoms. The number of hydrogen-bond acceptors (Lipinski definition) is 3. The first-order chi connectivity index (χ1) is 5.72. The van der Waals surface area contributed by atoms with Crippen LogP contribution in [0.1, 0.15) is 19.8 Å². The summed E-state index contributed by atoms with van der Waals surface area (Å²) < 4.78 is 4.73. The van der Waals surface area contributed by atoms with E-state index in [9.17, 15) is 4.79 Å². The molecule has 1 saturated heterocycles. The van der Waals surface area contributed by atoms with Gasteiger partial charge in [0, 0.05) is 6.04 Å². The molecule has 0 radical (unpaired) electrons. The van der Waals surface area contributed by atoms with Crippen LogP contribution < -0.4 is 5.32 Å². The maximum absolute atomic E-state index is 11.3. The fraction of sp³-hybridized carbons (Fsp3) is 0.889. The topological polar surface area (TPSA) is 38.3 Å². The van der Waals surface area contributed by atoms with E-state index in [1.807, 2.05) is 0 Å². The van der Waals surface area contributed by atoms with Crippen molar-refractivity contribution < 1.29 is 9.53 Å². The van der Waals surface area contributed by atoms with Crippen LogP contribution in [0.3, 0.4) is 0 Å². The summed E-state index contributed by atoms with van der Waals surface area (Å²) in [6, 6.07) is 0.446. The molecule has 0 aromatic heterocycles. The molecule has 1 N–H and O–H groups in total. The Bertz CT molecular complexity index is 205. The first-order valence-electron chi connectivity index (χ1n) is 4.56. The molecule has 2 rings (SSSR count).